The number of anilines is 1. The topological polar surface area (TPSA) is 41.6 Å². The molecule has 0 bridgehead atoms. The van der Waals surface area contributed by atoms with E-state index in [0.29, 0.717) is 23.2 Å². The van der Waals surface area contributed by atoms with Gasteiger partial charge >= 0.3 is 0 Å². The first-order chi connectivity index (χ1) is 10.1. The number of rotatable bonds is 2. The molecule has 108 valence electrons. The highest BCUT2D eigenvalue weighted by Gasteiger charge is 2.29. The molecule has 1 heterocycles. The zero-order chi connectivity index (χ0) is 15.0. The van der Waals surface area contributed by atoms with Gasteiger partial charge in [-0.25, -0.2) is 4.39 Å². The molecule has 2 aromatic rings. The van der Waals surface area contributed by atoms with Crippen molar-refractivity contribution >= 4 is 39.2 Å². The van der Waals surface area contributed by atoms with Crippen LogP contribution in [0.5, 0.6) is 0 Å². The molecule has 1 aliphatic rings. The predicted octanol–water partition coefficient (Wildman–Crippen LogP) is 4.12. The molecule has 2 N–H and O–H groups in total. The van der Waals surface area contributed by atoms with E-state index < -0.39 is 0 Å². The molecular weight excluding hydrogens is 357 g/mol. The third-order valence-corrected chi connectivity index (χ3v) is 4.61. The fourth-order valence-electron chi connectivity index (χ4n) is 2.41. The van der Waals surface area contributed by atoms with Gasteiger partial charge in [-0.15, -0.1) is 0 Å². The Kier molecular flexibility index (Phi) is 3.87. The van der Waals surface area contributed by atoms with Crippen LogP contribution in [0.2, 0.25) is 5.02 Å². The lowest BCUT2D eigenvalue weighted by molar-refractivity contribution is 0.626. The largest absolute Gasteiger partial charge is 0.369 e. The quantitative estimate of drug-likeness (QED) is 0.866. The summed E-state index contributed by atoms with van der Waals surface area (Å²) in [6.45, 7) is 0.524. The average Bonchev–Trinajstić information content (AvgIpc) is 2.84. The molecule has 0 aliphatic carbocycles. The maximum atomic E-state index is 13.5. The summed E-state index contributed by atoms with van der Waals surface area (Å²) < 4.78 is 14.3. The van der Waals surface area contributed by atoms with E-state index >= 15 is 0 Å². The monoisotopic (exact) mass is 367 g/mol. The third-order valence-electron chi connectivity index (χ3n) is 3.40. The Morgan fingerprint density at radius 3 is 2.81 bits per heavy atom. The Labute approximate surface area is 135 Å². The standard InChI is InChI=1S/C15H12BrClFN3/c16-12-6-9(4-5-13(12)17)14-8-20-15(19)21(14)11-3-1-2-10(18)7-11/h1-7,14H,8H2,(H2,19,20). The van der Waals surface area contributed by atoms with Crippen LogP contribution in [0.1, 0.15) is 11.6 Å². The van der Waals surface area contributed by atoms with Crippen LogP contribution in [-0.4, -0.2) is 12.5 Å². The van der Waals surface area contributed by atoms with Gasteiger partial charge in [0.25, 0.3) is 0 Å². The summed E-state index contributed by atoms with van der Waals surface area (Å²) in [4.78, 5) is 6.12. The smallest absolute Gasteiger partial charge is 0.196 e. The summed E-state index contributed by atoms with van der Waals surface area (Å²) in [5.41, 5.74) is 7.67. The van der Waals surface area contributed by atoms with Gasteiger partial charge in [0, 0.05) is 10.2 Å². The predicted molar refractivity (Wildman–Crippen MR) is 87.3 cm³/mol. The van der Waals surface area contributed by atoms with Gasteiger partial charge in [-0.3, -0.25) is 4.99 Å². The van der Waals surface area contributed by atoms with Crippen molar-refractivity contribution in [3.05, 3.63) is 63.3 Å². The van der Waals surface area contributed by atoms with Gasteiger partial charge in [-0.05, 0) is 51.8 Å². The highest BCUT2D eigenvalue weighted by atomic mass is 79.9. The summed E-state index contributed by atoms with van der Waals surface area (Å²) in [6.07, 6.45) is 0. The minimum atomic E-state index is -0.303. The molecular formula is C15H12BrClFN3. The number of hydrogen-bond donors (Lipinski definition) is 1. The van der Waals surface area contributed by atoms with Crippen LogP contribution >= 0.6 is 27.5 Å². The second-order valence-corrected chi connectivity index (χ2v) is 6.00. The maximum absolute atomic E-state index is 13.5. The Morgan fingerprint density at radius 1 is 1.29 bits per heavy atom. The first-order valence-electron chi connectivity index (χ1n) is 6.36. The Hall–Kier alpha value is -1.59. The molecule has 21 heavy (non-hydrogen) atoms. The van der Waals surface area contributed by atoms with Crippen LogP contribution in [-0.2, 0) is 0 Å². The fraction of sp³-hybridized carbons (Fsp3) is 0.133. The van der Waals surface area contributed by atoms with E-state index in [4.69, 9.17) is 17.3 Å². The fourth-order valence-corrected chi connectivity index (χ4v) is 2.92. The van der Waals surface area contributed by atoms with Crippen molar-refractivity contribution in [2.24, 2.45) is 10.7 Å². The van der Waals surface area contributed by atoms with Crippen molar-refractivity contribution < 1.29 is 4.39 Å². The first-order valence-corrected chi connectivity index (χ1v) is 7.53. The zero-order valence-electron chi connectivity index (χ0n) is 10.9. The van der Waals surface area contributed by atoms with E-state index in [1.54, 1.807) is 6.07 Å². The van der Waals surface area contributed by atoms with Crippen molar-refractivity contribution in [1.29, 1.82) is 0 Å². The molecule has 2 aromatic carbocycles. The van der Waals surface area contributed by atoms with E-state index in [1.807, 2.05) is 29.2 Å². The number of aliphatic imine (C=N–C) groups is 1. The van der Waals surface area contributed by atoms with Gasteiger partial charge in [0.15, 0.2) is 5.96 Å². The van der Waals surface area contributed by atoms with E-state index in [1.165, 1.54) is 12.1 Å². The van der Waals surface area contributed by atoms with Crippen LogP contribution in [0.25, 0.3) is 0 Å². The molecule has 1 atom stereocenters. The van der Waals surface area contributed by atoms with Crippen molar-refractivity contribution in [3.63, 3.8) is 0 Å². The Balaban J connectivity index is 2.00. The third kappa shape index (κ3) is 2.76. The SMILES string of the molecule is NC1=NCC(c2ccc(Cl)c(Br)c2)N1c1cccc(F)c1. The highest BCUT2D eigenvalue weighted by Crippen LogP contribution is 2.34. The second kappa shape index (κ2) is 5.66. The van der Waals surface area contributed by atoms with Gasteiger partial charge in [-0.2, -0.15) is 0 Å². The van der Waals surface area contributed by atoms with Gasteiger partial charge in [0.2, 0.25) is 0 Å². The Bertz CT molecular complexity index is 720. The molecule has 0 amide bonds. The van der Waals surface area contributed by atoms with E-state index in [9.17, 15) is 4.39 Å². The Morgan fingerprint density at radius 2 is 2.10 bits per heavy atom. The summed E-state index contributed by atoms with van der Waals surface area (Å²) in [6, 6.07) is 11.9. The van der Waals surface area contributed by atoms with Gasteiger partial charge in [0.05, 0.1) is 17.6 Å². The van der Waals surface area contributed by atoms with Crippen LogP contribution in [0.15, 0.2) is 51.9 Å². The second-order valence-electron chi connectivity index (χ2n) is 4.74. The molecule has 1 aliphatic heterocycles. The van der Waals surface area contributed by atoms with Crippen molar-refractivity contribution in [2.45, 2.75) is 6.04 Å². The lowest BCUT2D eigenvalue weighted by Gasteiger charge is -2.27. The molecule has 0 radical (unpaired) electrons. The van der Waals surface area contributed by atoms with Crippen LogP contribution in [0.4, 0.5) is 10.1 Å². The molecule has 0 spiro atoms. The summed E-state index contributed by atoms with van der Waals surface area (Å²) in [5.74, 6) is 0.0832. The van der Waals surface area contributed by atoms with Gasteiger partial charge in [-0.1, -0.05) is 23.7 Å². The van der Waals surface area contributed by atoms with Crippen LogP contribution < -0.4 is 10.6 Å². The molecule has 0 fully saturated rings. The normalized spacial score (nSPS) is 18.0. The minimum absolute atomic E-state index is 0.0691. The average molecular weight is 369 g/mol. The summed E-state index contributed by atoms with van der Waals surface area (Å²) in [5, 5.41) is 0.642. The minimum Gasteiger partial charge on any atom is -0.369 e. The number of halogens is 3. The number of nitrogens with zero attached hydrogens (tertiary/aromatic N) is 2. The van der Waals surface area contributed by atoms with Crippen molar-refractivity contribution in [1.82, 2.24) is 0 Å². The summed E-state index contributed by atoms with van der Waals surface area (Å²) >= 11 is 9.44. The lowest BCUT2D eigenvalue weighted by atomic mass is 10.1. The van der Waals surface area contributed by atoms with Crippen LogP contribution in [0.3, 0.4) is 0 Å². The maximum Gasteiger partial charge on any atom is 0.196 e. The molecule has 3 rings (SSSR count). The molecule has 1 unspecified atom stereocenters. The highest BCUT2D eigenvalue weighted by molar-refractivity contribution is 9.10. The molecule has 0 aromatic heterocycles. The number of guanidine groups is 1. The van der Waals surface area contributed by atoms with E-state index in [2.05, 4.69) is 20.9 Å². The van der Waals surface area contributed by atoms with E-state index in [0.717, 1.165) is 10.0 Å². The molecule has 0 saturated heterocycles. The van der Waals surface area contributed by atoms with Crippen LogP contribution in [0, 0.1) is 5.82 Å². The zero-order valence-corrected chi connectivity index (χ0v) is 13.3. The first kappa shape index (κ1) is 14.4. The number of hydrogen-bond acceptors (Lipinski definition) is 3. The van der Waals surface area contributed by atoms with Gasteiger partial charge < -0.3 is 10.6 Å². The van der Waals surface area contributed by atoms with Crippen molar-refractivity contribution in [3.8, 4) is 0 Å². The van der Waals surface area contributed by atoms with Crippen molar-refractivity contribution in [2.75, 3.05) is 11.4 Å². The summed E-state index contributed by atoms with van der Waals surface area (Å²) in [7, 11) is 0. The lowest BCUT2D eigenvalue weighted by Crippen LogP contribution is -2.36. The van der Waals surface area contributed by atoms with Gasteiger partial charge in [0.1, 0.15) is 5.82 Å². The molecule has 3 nitrogen and oxygen atoms in total. The molecule has 0 saturated carbocycles. The number of nitrogens with two attached hydrogens (primary N) is 1. The number of benzene rings is 2. The van der Waals surface area contributed by atoms with E-state index in [-0.39, 0.29) is 11.9 Å². The molecule has 6 heteroatoms.